The van der Waals surface area contributed by atoms with E-state index in [0.717, 1.165) is 32.6 Å². The highest BCUT2D eigenvalue weighted by atomic mass is 15.1. The zero-order chi connectivity index (χ0) is 11.0. The first-order valence-corrected chi connectivity index (χ1v) is 5.76. The number of hydrogen-bond donors (Lipinski definition) is 1. The summed E-state index contributed by atoms with van der Waals surface area (Å²) in [7, 11) is 0. The van der Waals surface area contributed by atoms with E-state index in [9.17, 15) is 0 Å². The molecule has 1 atom stereocenters. The van der Waals surface area contributed by atoms with E-state index in [1.807, 2.05) is 0 Å². The van der Waals surface area contributed by atoms with Crippen molar-refractivity contribution in [2.75, 3.05) is 26.2 Å². The van der Waals surface area contributed by atoms with Crippen LogP contribution in [0.5, 0.6) is 0 Å². The second-order valence-electron chi connectivity index (χ2n) is 3.87. The first-order valence-electron chi connectivity index (χ1n) is 5.76. The van der Waals surface area contributed by atoms with Crippen LogP contribution in [0.4, 0.5) is 0 Å². The van der Waals surface area contributed by atoms with Crippen LogP contribution in [0.15, 0.2) is 12.2 Å². The average molecular weight is 198 g/mol. The molecule has 0 rings (SSSR count). The van der Waals surface area contributed by atoms with E-state index >= 15 is 0 Å². The summed E-state index contributed by atoms with van der Waals surface area (Å²) in [5.74, 6) is 0. The number of rotatable bonds is 8. The van der Waals surface area contributed by atoms with Crippen LogP contribution in [0, 0.1) is 0 Å². The molecule has 0 aromatic rings. The SMILES string of the molecule is C=C(CC)CNC(C)CN(CC)CC. The Labute approximate surface area is 89.4 Å². The van der Waals surface area contributed by atoms with Crippen molar-refractivity contribution >= 4 is 0 Å². The zero-order valence-electron chi connectivity index (χ0n) is 10.3. The lowest BCUT2D eigenvalue weighted by Gasteiger charge is -2.23. The monoisotopic (exact) mass is 198 g/mol. The van der Waals surface area contributed by atoms with Crippen LogP contribution >= 0.6 is 0 Å². The van der Waals surface area contributed by atoms with Gasteiger partial charge in [-0.1, -0.05) is 32.9 Å². The molecule has 0 heterocycles. The Balaban J connectivity index is 3.63. The van der Waals surface area contributed by atoms with Gasteiger partial charge in [0.15, 0.2) is 0 Å². The van der Waals surface area contributed by atoms with E-state index in [4.69, 9.17) is 0 Å². The van der Waals surface area contributed by atoms with Crippen LogP contribution in [-0.4, -0.2) is 37.1 Å². The van der Waals surface area contributed by atoms with E-state index in [1.54, 1.807) is 0 Å². The van der Waals surface area contributed by atoms with Crippen LogP contribution in [0.2, 0.25) is 0 Å². The fourth-order valence-electron chi connectivity index (χ4n) is 1.38. The van der Waals surface area contributed by atoms with Gasteiger partial charge in [-0.05, 0) is 26.4 Å². The number of nitrogens with zero attached hydrogens (tertiary/aromatic N) is 1. The lowest BCUT2D eigenvalue weighted by Crippen LogP contribution is -2.39. The highest BCUT2D eigenvalue weighted by molar-refractivity contribution is 4.95. The molecule has 0 aliphatic heterocycles. The van der Waals surface area contributed by atoms with Crippen molar-refractivity contribution in [2.24, 2.45) is 0 Å². The van der Waals surface area contributed by atoms with Crippen molar-refractivity contribution in [2.45, 2.75) is 40.2 Å². The fourth-order valence-corrected chi connectivity index (χ4v) is 1.38. The molecular formula is C12H26N2. The standard InChI is InChI=1S/C12H26N2/c1-6-11(4)9-13-12(5)10-14(7-2)8-3/h12-13H,4,6-10H2,1-3,5H3. The van der Waals surface area contributed by atoms with Gasteiger partial charge < -0.3 is 10.2 Å². The van der Waals surface area contributed by atoms with Gasteiger partial charge in [0, 0.05) is 19.1 Å². The maximum atomic E-state index is 3.99. The molecule has 0 amide bonds. The molecule has 0 aliphatic carbocycles. The van der Waals surface area contributed by atoms with Crippen LogP contribution in [0.3, 0.4) is 0 Å². The van der Waals surface area contributed by atoms with E-state index < -0.39 is 0 Å². The molecule has 1 N–H and O–H groups in total. The van der Waals surface area contributed by atoms with Crippen molar-refractivity contribution in [1.82, 2.24) is 10.2 Å². The van der Waals surface area contributed by atoms with Gasteiger partial charge in [0.2, 0.25) is 0 Å². The summed E-state index contributed by atoms with van der Waals surface area (Å²) in [6.45, 7) is 17.2. The number of hydrogen-bond acceptors (Lipinski definition) is 2. The van der Waals surface area contributed by atoms with Gasteiger partial charge in [0.05, 0.1) is 0 Å². The molecule has 0 aromatic carbocycles. The minimum absolute atomic E-state index is 0.554. The molecule has 0 aliphatic rings. The molecule has 0 radical (unpaired) electrons. The molecular weight excluding hydrogens is 172 g/mol. The third-order valence-electron chi connectivity index (χ3n) is 2.63. The molecule has 2 nitrogen and oxygen atoms in total. The quantitative estimate of drug-likeness (QED) is 0.602. The van der Waals surface area contributed by atoms with Gasteiger partial charge in [0.25, 0.3) is 0 Å². The molecule has 2 heteroatoms. The van der Waals surface area contributed by atoms with Crippen molar-refractivity contribution in [3.8, 4) is 0 Å². The Kier molecular flexibility index (Phi) is 7.81. The zero-order valence-corrected chi connectivity index (χ0v) is 10.3. The predicted molar refractivity (Wildman–Crippen MR) is 64.7 cm³/mol. The maximum absolute atomic E-state index is 3.99. The molecule has 1 unspecified atom stereocenters. The van der Waals surface area contributed by atoms with Crippen molar-refractivity contribution in [1.29, 1.82) is 0 Å². The third-order valence-corrected chi connectivity index (χ3v) is 2.63. The Bertz CT molecular complexity index is 150. The second-order valence-corrected chi connectivity index (χ2v) is 3.87. The predicted octanol–water partition coefficient (Wildman–Crippen LogP) is 2.27. The summed E-state index contributed by atoms with van der Waals surface area (Å²) in [5.41, 5.74) is 1.29. The fraction of sp³-hybridized carbons (Fsp3) is 0.833. The largest absolute Gasteiger partial charge is 0.309 e. The number of nitrogens with one attached hydrogen (secondary N) is 1. The molecule has 84 valence electrons. The average Bonchev–Trinajstić information content (AvgIpc) is 2.22. The van der Waals surface area contributed by atoms with Gasteiger partial charge in [-0.2, -0.15) is 0 Å². The maximum Gasteiger partial charge on any atom is 0.0169 e. The van der Waals surface area contributed by atoms with Crippen molar-refractivity contribution in [3.63, 3.8) is 0 Å². The number of likely N-dealkylation sites (N-methyl/N-ethyl adjacent to an activating group) is 1. The second kappa shape index (κ2) is 8.01. The summed E-state index contributed by atoms with van der Waals surface area (Å²) < 4.78 is 0. The smallest absolute Gasteiger partial charge is 0.0169 e. The lowest BCUT2D eigenvalue weighted by atomic mass is 10.2. The lowest BCUT2D eigenvalue weighted by molar-refractivity contribution is 0.273. The Morgan fingerprint density at radius 3 is 2.29 bits per heavy atom. The van der Waals surface area contributed by atoms with Crippen LogP contribution in [-0.2, 0) is 0 Å². The van der Waals surface area contributed by atoms with Gasteiger partial charge in [-0.15, -0.1) is 0 Å². The topological polar surface area (TPSA) is 15.3 Å². The molecule has 0 fully saturated rings. The first kappa shape index (κ1) is 13.7. The minimum Gasteiger partial charge on any atom is -0.309 e. The Morgan fingerprint density at radius 1 is 1.29 bits per heavy atom. The van der Waals surface area contributed by atoms with Crippen molar-refractivity contribution in [3.05, 3.63) is 12.2 Å². The van der Waals surface area contributed by atoms with Gasteiger partial charge >= 0.3 is 0 Å². The highest BCUT2D eigenvalue weighted by Gasteiger charge is 2.05. The summed E-state index contributed by atoms with van der Waals surface area (Å²) in [4.78, 5) is 2.44. The van der Waals surface area contributed by atoms with Crippen LogP contribution < -0.4 is 5.32 Å². The van der Waals surface area contributed by atoms with Crippen LogP contribution in [0.25, 0.3) is 0 Å². The summed E-state index contributed by atoms with van der Waals surface area (Å²) >= 11 is 0. The van der Waals surface area contributed by atoms with Crippen LogP contribution in [0.1, 0.15) is 34.1 Å². The Hall–Kier alpha value is -0.340. The van der Waals surface area contributed by atoms with E-state index in [0.29, 0.717) is 6.04 Å². The molecule has 14 heavy (non-hydrogen) atoms. The first-order chi connectivity index (χ1) is 6.63. The normalized spacial score (nSPS) is 13.2. The molecule has 0 saturated carbocycles. The summed E-state index contributed by atoms with van der Waals surface area (Å²) in [5, 5.41) is 3.49. The van der Waals surface area contributed by atoms with Gasteiger partial charge in [0.1, 0.15) is 0 Å². The molecule has 0 saturated heterocycles. The van der Waals surface area contributed by atoms with E-state index in [2.05, 4.69) is 44.5 Å². The minimum atomic E-state index is 0.554. The molecule has 0 bridgehead atoms. The Morgan fingerprint density at radius 2 is 1.86 bits per heavy atom. The van der Waals surface area contributed by atoms with E-state index in [-0.39, 0.29) is 0 Å². The van der Waals surface area contributed by atoms with Gasteiger partial charge in [-0.25, -0.2) is 0 Å². The summed E-state index contributed by atoms with van der Waals surface area (Å²) in [6, 6.07) is 0.554. The molecule has 0 spiro atoms. The van der Waals surface area contributed by atoms with E-state index in [1.165, 1.54) is 5.57 Å². The summed E-state index contributed by atoms with van der Waals surface area (Å²) in [6.07, 6.45) is 1.07. The van der Waals surface area contributed by atoms with Crippen molar-refractivity contribution < 1.29 is 0 Å². The van der Waals surface area contributed by atoms with Gasteiger partial charge in [-0.3, -0.25) is 0 Å². The third kappa shape index (κ3) is 6.17. The highest BCUT2D eigenvalue weighted by Crippen LogP contribution is 1.96. The molecule has 0 aromatic heterocycles.